The number of carbonyl (C=O) groups excluding carboxylic acids is 1. The standard InChI is InChI=1S/C19H20N2O3S/c22-17-11-18(23)20-19(12-17,15-5-10-25-13-15)14-1-3-16(4-2-14)21-6-8-24-9-7-21/h1-5,10-11,13,22H,6-9,12H2,(H,20,23)/t19-/m0/s1. The van der Waals surface area contributed by atoms with Crippen molar-refractivity contribution < 1.29 is 14.6 Å². The lowest BCUT2D eigenvalue weighted by Gasteiger charge is -2.37. The number of hydrogen-bond acceptors (Lipinski definition) is 5. The van der Waals surface area contributed by atoms with Gasteiger partial charge >= 0.3 is 0 Å². The van der Waals surface area contributed by atoms with Crippen molar-refractivity contribution in [3.63, 3.8) is 0 Å². The maximum absolute atomic E-state index is 12.1. The van der Waals surface area contributed by atoms with Crippen molar-refractivity contribution in [1.82, 2.24) is 5.32 Å². The zero-order chi connectivity index (χ0) is 17.3. The van der Waals surface area contributed by atoms with E-state index in [2.05, 4.69) is 22.3 Å². The van der Waals surface area contributed by atoms with Gasteiger partial charge in [0.25, 0.3) is 0 Å². The number of aliphatic hydroxyl groups is 1. The first kappa shape index (κ1) is 16.2. The van der Waals surface area contributed by atoms with E-state index in [0.29, 0.717) is 6.42 Å². The van der Waals surface area contributed by atoms with Crippen LogP contribution in [0.25, 0.3) is 0 Å². The Balaban J connectivity index is 1.71. The number of morpholine rings is 1. The average molecular weight is 356 g/mol. The van der Waals surface area contributed by atoms with Crippen LogP contribution in [-0.4, -0.2) is 37.3 Å². The molecule has 1 saturated heterocycles. The highest BCUT2D eigenvalue weighted by molar-refractivity contribution is 7.08. The van der Waals surface area contributed by atoms with Crippen LogP contribution in [0.1, 0.15) is 17.5 Å². The third-order valence-electron chi connectivity index (χ3n) is 4.83. The van der Waals surface area contributed by atoms with E-state index < -0.39 is 5.54 Å². The van der Waals surface area contributed by atoms with Crippen LogP contribution >= 0.6 is 11.3 Å². The number of benzene rings is 1. The van der Waals surface area contributed by atoms with Crippen LogP contribution < -0.4 is 10.2 Å². The van der Waals surface area contributed by atoms with Gasteiger partial charge in [0.15, 0.2) is 0 Å². The molecule has 0 spiro atoms. The molecule has 0 aliphatic carbocycles. The van der Waals surface area contributed by atoms with E-state index >= 15 is 0 Å². The number of rotatable bonds is 3. The third kappa shape index (κ3) is 3.03. The van der Waals surface area contributed by atoms with Gasteiger partial charge in [0.05, 0.1) is 18.8 Å². The normalized spacial score (nSPS) is 23.9. The largest absolute Gasteiger partial charge is 0.512 e. The van der Waals surface area contributed by atoms with Crippen LogP contribution in [0.15, 0.2) is 52.9 Å². The van der Waals surface area contributed by atoms with Gasteiger partial charge in [0.2, 0.25) is 5.91 Å². The van der Waals surface area contributed by atoms with Gasteiger partial charge in [0, 0.05) is 31.3 Å². The fourth-order valence-electron chi connectivity index (χ4n) is 3.57. The molecule has 0 bridgehead atoms. The Hall–Kier alpha value is -2.31. The molecule has 25 heavy (non-hydrogen) atoms. The lowest BCUT2D eigenvalue weighted by Crippen LogP contribution is -2.49. The van der Waals surface area contributed by atoms with E-state index in [-0.39, 0.29) is 11.7 Å². The molecule has 130 valence electrons. The molecule has 1 aromatic carbocycles. The molecule has 0 unspecified atom stereocenters. The van der Waals surface area contributed by atoms with Crippen LogP contribution in [0.5, 0.6) is 0 Å². The Labute approximate surface area is 150 Å². The Morgan fingerprint density at radius 1 is 1.12 bits per heavy atom. The summed E-state index contributed by atoms with van der Waals surface area (Å²) in [5.41, 5.74) is 2.38. The minimum atomic E-state index is -0.723. The molecule has 0 radical (unpaired) electrons. The summed E-state index contributed by atoms with van der Waals surface area (Å²) in [6.45, 7) is 3.26. The summed E-state index contributed by atoms with van der Waals surface area (Å²) in [6, 6.07) is 10.2. The van der Waals surface area contributed by atoms with Gasteiger partial charge in [-0.05, 0) is 40.1 Å². The summed E-state index contributed by atoms with van der Waals surface area (Å²) < 4.78 is 5.41. The summed E-state index contributed by atoms with van der Waals surface area (Å²) in [4.78, 5) is 14.4. The number of ether oxygens (including phenoxy) is 1. The second-order valence-corrected chi connectivity index (χ2v) is 7.15. The van der Waals surface area contributed by atoms with Gasteiger partial charge in [-0.1, -0.05) is 12.1 Å². The molecule has 3 heterocycles. The van der Waals surface area contributed by atoms with Gasteiger partial charge < -0.3 is 20.1 Å². The molecule has 6 heteroatoms. The van der Waals surface area contributed by atoms with E-state index in [0.717, 1.165) is 43.1 Å². The molecule has 1 atom stereocenters. The van der Waals surface area contributed by atoms with Gasteiger partial charge in [-0.3, -0.25) is 4.79 Å². The Kier molecular flexibility index (Phi) is 4.23. The molecule has 2 N–H and O–H groups in total. The van der Waals surface area contributed by atoms with Crippen molar-refractivity contribution in [3.05, 3.63) is 64.1 Å². The maximum atomic E-state index is 12.1. The SMILES string of the molecule is O=C1C=C(O)C[C@](c2ccc(N3CCOCC3)cc2)(c2ccsc2)N1. The number of anilines is 1. The lowest BCUT2D eigenvalue weighted by molar-refractivity contribution is -0.119. The number of aliphatic hydroxyl groups excluding tert-OH is 1. The van der Waals surface area contributed by atoms with E-state index in [1.807, 2.05) is 29.0 Å². The van der Waals surface area contributed by atoms with Crippen LogP contribution in [0.2, 0.25) is 0 Å². The quantitative estimate of drug-likeness (QED) is 0.888. The molecule has 1 amide bonds. The van der Waals surface area contributed by atoms with Gasteiger partial charge in [0.1, 0.15) is 5.76 Å². The lowest BCUT2D eigenvalue weighted by atomic mass is 9.79. The highest BCUT2D eigenvalue weighted by Gasteiger charge is 2.39. The predicted octanol–water partition coefficient (Wildman–Crippen LogP) is 2.79. The molecule has 2 aliphatic rings. The number of hydrogen-bond donors (Lipinski definition) is 2. The van der Waals surface area contributed by atoms with Crippen molar-refractivity contribution in [3.8, 4) is 0 Å². The van der Waals surface area contributed by atoms with Crippen molar-refractivity contribution in [1.29, 1.82) is 0 Å². The molecule has 0 saturated carbocycles. The number of carbonyl (C=O) groups is 1. The van der Waals surface area contributed by atoms with E-state index in [1.54, 1.807) is 11.3 Å². The highest BCUT2D eigenvalue weighted by atomic mass is 32.1. The van der Waals surface area contributed by atoms with E-state index in [9.17, 15) is 9.90 Å². The fraction of sp³-hybridized carbons (Fsp3) is 0.316. The predicted molar refractivity (Wildman–Crippen MR) is 98.0 cm³/mol. The molecule has 2 aliphatic heterocycles. The number of amides is 1. The second kappa shape index (κ2) is 6.54. The van der Waals surface area contributed by atoms with Crippen LogP contribution in [0.3, 0.4) is 0 Å². The molecular formula is C19H20N2O3S. The Morgan fingerprint density at radius 2 is 1.88 bits per heavy atom. The fourth-order valence-corrected chi connectivity index (χ4v) is 4.30. The second-order valence-electron chi connectivity index (χ2n) is 6.37. The summed E-state index contributed by atoms with van der Waals surface area (Å²) in [5.74, 6) is -0.167. The van der Waals surface area contributed by atoms with Crippen LogP contribution in [0, 0.1) is 0 Å². The molecular weight excluding hydrogens is 336 g/mol. The monoisotopic (exact) mass is 356 g/mol. The summed E-state index contributed by atoms with van der Waals surface area (Å²) in [6.07, 6.45) is 1.61. The highest BCUT2D eigenvalue weighted by Crippen LogP contribution is 2.39. The van der Waals surface area contributed by atoms with Crippen molar-refractivity contribution in [2.75, 3.05) is 31.2 Å². The Morgan fingerprint density at radius 3 is 2.52 bits per heavy atom. The van der Waals surface area contributed by atoms with Crippen molar-refractivity contribution >= 4 is 22.9 Å². The summed E-state index contributed by atoms with van der Waals surface area (Å²) in [7, 11) is 0. The van der Waals surface area contributed by atoms with E-state index in [1.165, 1.54) is 6.08 Å². The average Bonchev–Trinajstić information content (AvgIpc) is 3.17. The first-order valence-corrected chi connectivity index (χ1v) is 9.29. The summed E-state index contributed by atoms with van der Waals surface area (Å²) in [5, 5.41) is 17.2. The number of nitrogens with zero attached hydrogens (tertiary/aromatic N) is 1. The van der Waals surface area contributed by atoms with Crippen molar-refractivity contribution in [2.24, 2.45) is 0 Å². The van der Waals surface area contributed by atoms with Gasteiger partial charge in [-0.2, -0.15) is 11.3 Å². The third-order valence-corrected chi connectivity index (χ3v) is 5.51. The first-order chi connectivity index (χ1) is 12.2. The van der Waals surface area contributed by atoms with Gasteiger partial charge in [-0.15, -0.1) is 0 Å². The molecule has 4 rings (SSSR count). The zero-order valence-electron chi connectivity index (χ0n) is 13.8. The molecule has 5 nitrogen and oxygen atoms in total. The topological polar surface area (TPSA) is 61.8 Å². The Bertz CT molecular complexity index is 780. The molecule has 1 fully saturated rings. The van der Waals surface area contributed by atoms with Crippen molar-refractivity contribution in [2.45, 2.75) is 12.0 Å². The molecule has 2 aromatic rings. The van der Waals surface area contributed by atoms with Gasteiger partial charge in [-0.25, -0.2) is 0 Å². The zero-order valence-corrected chi connectivity index (χ0v) is 14.6. The number of nitrogens with one attached hydrogen (secondary N) is 1. The maximum Gasteiger partial charge on any atom is 0.248 e. The smallest absolute Gasteiger partial charge is 0.248 e. The minimum Gasteiger partial charge on any atom is -0.512 e. The summed E-state index contributed by atoms with van der Waals surface area (Å²) >= 11 is 1.58. The van der Waals surface area contributed by atoms with E-state index in [4.69, 9.17) is 4.74 Å². The van der Waals surface area contributed by atoms with Crippen LogP contribution in [-0.2, 0) is 15.1 Å². The van der Waals surface area contributed by atoms with Crippen LogP contribution in [0.4, 0.5) is 5.69 Å². The molecule has 1 aromatic heterocycles. The first-order valence-electron chi connectivity index (χ1n) is 8.35. The number of thiophene rings is 1. The minimum absolute atomic E-state index is 0.104.